The summed E-state index contributed by atoms with van der Waals surface area (Å²) in [4.78, 5) is 22.9. The Balaban J connectivity index is 1.44. The number of H-pyrrole nitrogens is 1. The van der Waals surface area contributed by atoms with Crippen LogP contribution in [0.15, 0.2) is 36.8 Å². The summed E-state index contributed by atoms with van der Waals surface area (Å²) in [7, 11) is 0. The van der Waals surface area contributed by atoms with Gasteiger partial charge in [0.1, 0.15) is 0 Å². The van der Waals surface area contributed by atoms with Crippen molar-refractivity contribution in [3.05, 3.63) is 53.1 Å². The summed E-state index contributed by atoms with van der Waals surface area (Å²) in [5.41, 5.74) is 8.75. The number of amides is 1. The number of nitrogens with two attached hydrogens (primary N) is 1. The van der Waals surface area contributed by atoms with E-state index in [4.69, 9.17) is 17.3 Å². The van der Waals surface area contributed by atoms with Crippen molar-refractivity contribution < 1.29 is 4.79 Å². The molecule has 2 aromatic rings. The summed E-state index contributed by atoms with van der Waals surface area (Å²) in [6.07, 6.45) is 13.1. The zero-order valence-electron chi connectivity index (χ0n) is 18.5. The van der Waals surface area contributed by atoms with E-state index < -0.39 is 6.04 Å². The maximum Gasteiger partial charge on any atom is 0.239 e. The largest absolute Gasteiger partial charge is 0.351 e. The average molecular weight is 443 g/mol. The number of nitrogens with zero attached hydrogens (tertiary/aromatic N) is 2. The van der Waals surface area contributed by atoms with Gasteiger partial charge in [0.05, 0.1) is 18.1 Å². The van der Waals surface area contributed by atoms with Crippen molar-refractivity contribution in [2.45, 2.75) is 70.3 Å². The molecule has 1 saturated carbocycles. The van der Waals surface area contributed by atoms with Gasteiger partial charge in [-0.1, -0.05) is 49.9 Å². The first-order valence-electron chi connectivity index (χ1n) is 11.8. The predicted molar refractivity (Wildman–Crippen MR) is 125 cm³/mol. The van der Waals surface area contributed by atoms with Gasteiger partial charge >= 0.3 is 0 Å². The van der Waals surface area contributed by atoms with Gasteiger partial charge in [-0.3, -0.25) is 4.79 Å². The standard InChI is InChI=1S/C25H35ClN4O/c1-18(23-16-28-17-29-23)25(20-5-3-2-4-6-20)11-13-30(14-12-25)24(31)22(27)15-19-7-9-21(26)10-8-19/h7-10,16-18,20,22H,2-6,11-15,27H2,1H3,(H,28,29). The molecule has 168 valence electrons. The molecule has 2 heterocycles. The van der Waals surface area contributed by atoms with E-state index in [2.05, 4.69) is 23.1 Å². The van der Waals surface area contributed by atoms with Gasteiger partial charge in [-0.2, -0.15) is 0 Å². The van der Waals surface area contributed by atoms with Crippen molar-refractivity contribution >= 4 is 17.5 Å². The van der Waals surface area contributed by atoms with E-state index in [1.54, 1.807) is 6.33 Å². The zero-order chi connectivity index (χ0) is 21.8. The molecule has 1 aliphatic heterocycles. The van der Waals surface area contributed by atoms with Crippen LogP contribution in [0.3, 0.4) is 0 Å². The molecular weight excluding hydrogens is 408 g/mol. The lowest BCUT2D eigenvalue weighted by molar-refractivity contribution is -0.136. The first-order chi connectivity index (χ1) is 15.0. The number of carbonyl (C=O) groups is 1. The highest BCUT2D eigenvalue weighted by molar-refractivity contribution is 6.30. The lowest BCUT2D eigenvalue weighted by Gasteiger charge is -2.51. The van der Waals surface area contributed by atoms with Crippen molar-refractivity contribution in [3.8, 4) is 0 Å². The SMILES string of the molecule is CC(c1c[nH]cn1)C1(C2CCCCC2)CCN(C(=O)C(N)Cc2ccc(Cl)cc2)CC1. The third-order valence-electron chi connectivity index (χ3n) is 7.94. The molecule has 6 heteroatoms. The number of benzene rings is 1. The molecule has 0 spiro atoms. The van der Waals surface area contributed by atoms with Crippen LogP contribution < -0.4 is 5.73 Å². The van der Waals surface area contributed by atoms with Gasteiger partial charge in [0.2, 0.25) is 5.91 Å². The van der Waals surface area contributed by atoms with Crippen molar-refractivity contribution in [2.24, 2.45) is 17.1 Å². The average Bonchev–Trinajstić information content (AvgIpc) is 3.35. The van der Waals surface area contributed by atoms with E-state index in [1.165, 1.54) is 32.1 Å². The zero-order valence-corrected chi connectivity index (χ0v) is 19.3. The van der Waals surface area contributed by atoms with Crippen LogP contribution >= 0.6 is 11.6 Å². The highest BCUT2D eigenvalue weighted by Crippen LogP contribution is 2.53. The van der Waals surface area contributed by atoms with E-state index in [0.29, 0.717) is 23.3 Å². The number of carbonyl (C=O) groups excluding carboxylic acids is 1. The fourth-order valence-electron chi connectivity index (χ4n) is 6.02. The highest BCUT2D eigenvalue weighted by atomic mass is 35.5. The highest BCUT2D eigenvalue weighted by Gasteiger charge is 2.47. The lowest BCUT2D eigenvalue weighted by Crippen LogP contribution is -2.53. The summed E-state index contributed by atoms with van der Waals surface area (Å²) in [5.74, 6) is 1.18. The van der Waals surface area contributed by atoms with Crippen LogP contribution in [0.1, 0.15) is 69.0 Å². The molecule has 31 heavy (non-hydrogen) atoms. The normalized spacial score (nSPS) is 21.6. The van der Waals surface area contributed by atoms with Crippen molar-refractivity contribution in [2.75, 3.05) is 13.1 Å². The first-order valence-corrected chi connectivity index (χ1v) is 12.1. The smallest absolute Gasteiger partial charge is 0.239 e. The number of imidazole rings is 1. The Kier molecular flexibility index (Phi) is 7.02. The molecule has 2 fully saturated rings. The molecule has 2 unspecified atom stereocenters. The van der Waals surface area contributed by atoms with Crippen molar-refractivity contribution in [1.29, 1.82) is 0 Å². The Morgan fingerprint density at radius 1 is 1.23 bits per heavy atom. The minimum Gasteiger partial charge on any atom is -0.351 e. The van der Waals surface area contributed by atoms with E-state index in [9.17, 15) is 4.79 Å². The van der Waals surface area contributed by atoms with Crippen LogP contribution in [0, 0.1) is 11.3 Å². The van der Waals surface area contributed by atoms with Crippen LogP contribution in [-0.4, -0.2) is 39.9 Å². The number of hydrogen-bond donors (Lipinski definition) is 2. The Morgan fingerprint density at radius 3 is 2.52 bits per heavy atom. The Morgan fingerprint density at radius 2 is 1.90 bits per heavy atom. The fourth-order valence-corrected chi connectivity index (χ4v) is 6.14. The molecule has 1 aromatic heterocycles. The number of aromatic nitrogens is 2. The van der Waals surface area contributed by atoms with Crippen LogP contribution in [0.2, 0.25) is 5.02 Å². The maximum atomic E-state index is 13.1. The molecule has 0 bridgehead atoms. The molecule has 4 rings (SSSR count). The maximum absolute atomic E-state index is 13.1. The first kappa shape index (κ1) is 22.3. The summed E-state index contributed by atoms with van der Waals surface area (Å²) in [6, 6.07) is 7.09. The molecule has 2 aliphatic rings. The number of piperidine rings is 1. The van der Waals surface area contributed by atoms with Crippen LogP contribution in [0.5, 0.6) is 0 Å². The van der Waals surface area contributed by atoms with Crippen LogP contribution in [0.4, 0.5) is 0 Å². The van der Waals surface area contributed by atoms with Gasteiger partial charge in [0.25, 0.3) is 0 Å². The molecule has 1 aliphatic carbocycles. The fraction of sp³-hybridized carbons (Fsp3) is 0.600. The van der Waals surface area contributed by atoms with Gasteiger partial charge in [-0.15, -0.1) is 0 Å². The monoisotopic (exact) mass is 442 g/mol. The number of nitrogens with one attached hydrogen (secondary N) is 1. The number of likely N-dealkylation sites (tertiary alicyclic amines) is 1. The summed E-state index contributed by atoms with van der Waals surface area (Å²) in [6.45, 7) is 3.92. The van der Waals surface area contributed by atoms with E-state index in [-0.39, 0.29) is 11.3 Å². The summed E-state index contributed by atoms with van der Waals surface area (Å²) in [5, 5.41) is 0.699. The van der Waals surface area contributed by atoms with Gasteiger partial charge in [0, 0.05) is 30.2 Å². The van der Waals surface area contributed by atoms with E-state index in [0.717, 1.165) is 37.2 Å². The van der Waals surface area contributed by atoms with Crippen molar-refractivity contribution in [1.82, 2.24) is 14.9 Å². The molecular formula is C25H35ClN4O. The quantitative estimate of drug-likeness (QED) is 0.666. The Labute approximate surface area is 190 Å². The van der Waals surface area contributed by atoms with Crippen LogP contribution in [-0.2, 0) is 11.2 Å². The minimum absolute atomic E-state index is 0.0691. The minimum atomic E-state index is -0.507. The second kappa shape index (κ2) is 9.74. The van der Waals surface area contributed by atoms with Gasteiger partial charge in [0.15, 0.2) is 0 Å². The number of rotatable bonds is 6. The van der Waals surface area contributed by atoms with Gasteiger partial charge in [-0.25, -0.2) is 4.98 Å². The third kappa shape index (κ3) is 4.83. The van der Waals surface area contributed by atoms with Crippen molar-refractivity contribution in [3.63, 3.8) is 0 Å². The summed E-state index contributed by atoms with van der Waals surface area (Å²) < 4.78 is 0. The molecule has 5 nitrogen and oxygen atoms in total. The molecule has 0 radical (unpaired) electrons. The van der Waals surface area contributed by atoms with Crippen LogP contribution in [0.25, 0.3) is 0 Å². The van der Waals surface area contributed by atoms with E-state index in [1.807, 2.05) is 29.2 Å². The predicted octanol–water partition coefficient (Wildman–Crippen LogP) is 4.93. The molecule has 2 atom stereocenters. The number of hydrogen-bond acceptors (Lipinski definition) is 3. The van der Waals surface area contributed by atoms with Gasteiger partial charge in [-0.05, 0) is 61.1 Å². The Bertz CT molecular complexity index is 837. The van der Waals surface area contributed by atoms with Gasteiger partial charge < -0.3 is 15.6 Å². The molecule has 3 N–H and O–H groups in total. The Hall–Kier alpha value is -1.85. The summed E-state index contributed by atoms with van der Waals surface area (Å²) >= 11 is 5.97. The molecule has 1 saturated heterocycles. The second-order valence-corrected chi connectivity index (χ2v) is 9.98. The third-order valence-corrected chi connectivity index (χ3v) is 8.19. The number of aromatic amines is 1. The molecule has 1 aromatic carbocycles. The second-order valence-electron chi connectivity index (χ2n) is 9.55. The molecule has 1 amide bonds. The topological polar surface area (TPSA) is 75.0 Å². The van der Waals surface area contributed by atoms with E-state index >= 15 is 0 Å². The lowest BCUT2D eigenvalue weighted by atomic mass is 9.57. The number of halogens is 1.